The number of aliphatic imine (C=N–C) groups is 2. The van der Waals surface area contributed by atoms with Gasteiger partial charge in [-0.15, -0.1) is 4.59 Å². The van der Waals surface area contributed by atoms with E-state index < -0.39 is 33.5 Å². The highest BCUT2D eigenvalue weighted by Crippen LogP contribution is 2.39. The third-order valence-corrected chi connectivity index (χ3v) is 8.08. The van der Waals surface area contributed by atoms with Gasteiger partial charge in [-0.1, -0.05) is 0 Å². The molecule has 0 spiro atoms. The van der Waals surface area contributed by atoms with Crippen LogP contribution in [0.15, 0.2) is 70.3 Å². The predicted molar refractivity (Wildman–Crippen MR) is 147 cm³/mol. The van der Waals surface area contributed by atoms with Crippen LogP contribution in [-0.4, -0.2) is 64.6 Å². The summed E-state index contributed by atoms with van der Waals surface area (Å²) in [6.45, 7) is 3.70. The molecule has 2 atom stereocenters. The molecule has 224 valence electrons. The number of nitrogens with two attached hydrogens (primary N) is 1. The molecule has 3 N–H and O–H groups in total. The lowest BCUT2D eigenvalue weighted by molar-refractivity contribution is -0.750. The lowest BCUT2D eigenvalue weighted by atomic mass is 9.85. The minimum Gasteiger partial charge on any atom is -0.379 e. The number of aromatic nitrogens is 1. The molecular weight excluding hydrogens is 570 g/mol. The first-order valence-corrected chi connectivity index (χ1v) is 13.6. The van der Waals surface area contributed by atoms with E-state index in [2.05, 4.69) is 15.3 Å². The number of carbonyl (C=O) groups is 2. The van der Waals surface area contributed by atoms with Gasteiger partial charge in [-0.25, -0.2) is 9.37 Å². The SMILES string of the molecule is CC1(C(=O)N2CCC[C@@H](C3=C4C=NC=C[N+]4(N)C(c4ccc(C(=O)Nc5cc(C(F)(F)F)ccn5)cc4F)=N3)C2)COC1. The maximum absolute atomic E-state index is 15.6. The number of amidine groups is 1. The fourth-order valence-corrected chi connectivity index (χ4v) is 5.69. The lowest BCUT2D eigenvalue weighted by Crippen LogP contribution is -2.55. The Kier molecular flexibility index (Phi) is 7.02. The number of alkyl halides is 3. The average Bonchev–Trinajstić information content (AvgIpc) is 3.28. The Morgan fingerprint density at radius 2 is 2.00 bits per heavy atom. The number of allylic oxidation sites excluding steroid dienone is 1. The van der Waals surface area contributed by atoms with E-state index in [1.807, 2.05) is 11.8 Å². The first-order valence-electron chi connectivity index (χ1n) is 13.6. The lowest BCUT2D eigenvalue weighted by Gasteiger charge is -2.42. The summed E-state index contributed by atoms with van der Waals surface area (Å²) in [4.78, 5) is 40.5. The number of amides is 2. The third kappa shape index (κ3) is 5.15. The highest BCUT2D eigenvalue weighted by molar-refractivity contribution is 6.05. The van der Waals surface area contributed by atoms with Gasteiger partial charge in [-0.3, -0.25) is 14.6 Å². The molecule has 1 aromatic carbocycles. The molecule has 0 bridgehead atoms. The summed E-state index contributed by atoms with van der Waals surface area (Å²) >= 11 is 0. The van der Waals surface area contributed by atoms with Crippen molar-refractivity contribution in [2.24, 2.45) is 27.2 Å². The van der Waals surface area contributed by atoms with Gasteiger partial charge in [0.2, 0.25) is 11.6 Å². The Morgan fingerprint density at radius 1 is 1.21 bits per heavy atom. The molecule has 1 aromatic heterocycles. The number of fused-ring (bicyclic) bond motifs is 1. The van der Waals surface area contributed by atoms with Crippen LogP contribution in [-0.2, 0) is 15.7 Å². The van der Waals surface area contributed by atoms with Crippen LogP contribution in [0.2, 0.25) is 0 Å². The highest BCUT2D eigenvalue weighted by atomic mass is 19.4. The van der Waals surface area contributed by atoms with E-state index in [9.17, 15) is 22.8 Å². The molecule has 14 heteroatoms. The fourth-order valence-electron chi connectivity index (χ4n) is 5.69. The number of piperidine rings is 1. The van der Waals surface area contributed by atoms with E-state index in [4.69, 9.17) is 15.6 Å². The van der Waals surface area contributed by atoms with Crippen LogP contribution in [0.4, 0.5) is 23.4 Å². The van der Waals surface area contributed by atoms with E-state index in [0.717, 1.165) is 31.2 Å². The quantitative estimate of drug-likeness (QED) is 0.306. The third-order valence-electron chi connectivity index (χ3n) is 8.08. The van der Waals surface area contributed by atoms with Crippen molar-refractivity contribution in [3.05, 3.63) is 82.8 Å². The van der Waals surface area contributed by atoms with Crippen molar-refractivity contribution in [3.63, 3.8) is 0 Å². The van der Waals surface area contributed by atoms with Gasteiger partial charge in [0.15, 0.2) is 0 Å². The number of likely N-dealkylation sites (tertiary alicyclic amines) is 1. The number of rotatable bonds is 5. The molecule has 2 aromatic rings. The van der Waals surface area contributed by atoms with Gasteiger partial charge in [-0.05, 0) is 50.1 Å². The number of ether oxygens (including phenoxy) is 1. The first-order chi connectivity index (χ1) is 20.4. The van der Waals surface area contributed by atoms with Crippen LogP contribution in [0.1, 0.15) is 41.3 Å². The number of pyridine rings is 1. The Labute approximate surface area is 243 Å². The Balaban J connectivity index is 1.26. The zero-order valence-electron chi connectivity index (χ0n) is 23.1. The van der Waals surface area contributed by atoms with Crippen LogP contribution in [0.25, 0.3) is 0 Å². The van der Waals surface area contributed by atoms with Crippen molar-refractivity contribution >= 4 is 29.7 Å². The Morgan fingerprint density at radius 3 is 2.70 bits per heavy atom. The number of quaternary nitrogens is 1. The highest BCUT2D eigenvalue weighted by Gasteiger charge is 2.49. The van der Waals surface area contributed by atoms with Crippen LogP contribution in [0.5, 0.6) is 0 Å². The molecular formula is C29H28F4N7O3+. The topological polar surface area (TPSA) is 122 Å². The summed E-state index contributed by atoms with van der Waals surface area (Å²) in [5.41, 5.74) is -0.472. The zero-order valence-corrected chi connectivity index (χ0v) is 23.1. The van der Waals surface area contributed by atoms with E-state index >= 15 is 4.39 Å². The average molecular weight is 599 g/mol. The van der Waals surface area contributed by atoms with Crippen molar-refractivity contribution in [3.8, 4) is 0 Å². The number of anilines is 1. The monoisotopic (exact) mass is 598 g/mol. The van der Waals surface area contributed by atoms with Gasteiger partial charge in [0.1, 0.15) is 23.5 Å². The molecule has 2 amide bonds. The zero-order chi connectivity index (χ0) is 30.6. The van der Waals surface area contributed by atoms with Crippen LogP contribution in [0.3, 0.4) is 0 Å². The van der Waals surface area contributed by atoms with Crippen molar-refractivity contribution in [2.75, 3.05) is 31.6 Å². The summed E-state index contributed by atoms with van der Waals surface area (Å²) in [5, 5.41) is 2.27. The normalized spacial score (nSPS) is 24.4. The first kappa shape index (κ1) is 28.8. The van der Waals surface area contributed by atoms with Gasteiger partial charge >= 0.3 is 6.18 Å². The van der Waals surface area contributed by atoms with Crippen LogP contribution >= 0.6 is 0 Å². The van der Waals surface area contributed by atoms with Gasteiger partial charge in [0, 0.05) is 30.8 Å². The summed E-state index contributed by atoms with van der Waals surface area (Å²) in [5.74, 6) is 4.83. The van der Waals surface area contributed by atoms with E-state index in [0.29, 0.717) is 43.8 Å². The minimum absolute atomic E-state index is 0.0298. The number of carbonyl (C=O) groups excluding carboxylic acids is 2. The second-order valence-electron chi connectivity index (χ2n) is 11.3. The second-order valence-corrected chi connectivity index (χ2v) is 11.3. The maximum atomic E-state index is 15.6. The maximum Gasteiger partial charge on any atom is 0.416 e. The Hall–Kier alpha value is -4.27. The number of hydrogen-bond donors (Lipinski definition) is 2. The molecule has 5 heterocycles. The summed E-state index contributed by atoms with van der Waals surface area (Å²) < 4.78 is 59.6. The molecule has 4 aliphatic heterocycles. The molecule has 1 unspecified atom stereocenters. The summed E-state index contributed by atoms with van der Waals surface area (Å²) in [6.07, 6.45) is 2.44. The smallest absolute Gasteiger partial charge is 0.379 e. The molecule has 0 radical (unpaired) electrons. The minimum atomic E-state index is -4.62. The fraction of sp³-hybridized carbons (Fsp3) is 0.345. The molecule has 4 aliphatic rings. The molecule has 0 saturated carbocycles. The molecule has 2 saturated heterocycles. The number of hydrogen-bond acceptors (Lipinski definition) is 7. The van der Waals surface area contributed by atoms with Crippen molar-refractivity contribution in [1.29, 1.82) is 0 Å². The van der Waals surface area contributed by atoms with Gasteiger partial charge < -0.3 is 15.0 Å². The van der Waals surface area contributed by atoms with E-state index in [1.54, 1.807) is 12.4 Å². The summed E-state index contributed by atoms with van der Waals surface area (Å²) in [7, 11) is 0. The molecule has 43 heavy (non-hydrogen) atoms. The second kappa shape index (κ2) is 10.5. The van der Waals surface area contributed by atoms with Gasteiger partial charge in [-0.2, -0.15) is 24.0 Å². The number of halogens is 4. The van der Waals surface area contributed by atoms with Crippen LogP contribution < -0.4 is 11.2 Å². The van der Waals surface area contributed by atoms with Crippen molar-refractivity contribution in [2.45, 2.75) is 25.9 Å². The van der Waals surface area contributed by atoms with Gasteiger partial charge in [0.05, 0.1) is 42.2 Å². The van der Waals surface area contributed by atoms with Gasteiger partial charge in [0.25, 0.3) is 11.7 Å². The van der Waals surface area contributed by atoms with Crippen LogP contribution in [0, 0.1) is 17.2 Å². The molecule has 0 aliphatic carbocycles. The number of benzene rings is 1. The molecule has 2 fully saturated rings. The standard InChI is InChI=1S/C29H27F4N7O3/c1-28(15-43-16-28)27(42)39-9-2-3-18(14-39)24-22-13-35-8-10-40(22,34)25(38-24)20-5-4-17(11-21(20)30)26(41)37-23-12-19(6-7-36-23)29(31,32)33/h4-8,10-13,18H,2-3,9,14-16,34H2,1H3/p+1/t18-,40?/m1/s1. The Bertz CT molecular complexity index is 1630. The molecule has 6 rings (SSSR count). The van der Waals surface area contributed by atoms with Crippen molar-refractivity contribution in [1.82, 2.24) is 9.88 Å². The largest absolute Gasteiger partial charge is 0.416 e. The van der Waals surface area contributed by atoms with E-state index in [1.165, 1.54) is 18.3 Å². The van der Waals surface area contributed by atoms with E-state index in [-0.39, 0.29) is 34.6 Å². The number of nitrogens with zero attached hydrogens (tertiary/aromatic N) is 5. The van der Waals surface area contributed by atoms with Crippen molar-refractivity contribution < 1.29 is 36.5 Å². The molecule has 10 nitrogen and oxygen atoms in total. The number of nitrogens with one attached hydrogen (secondary N) is 1. The summed E-state index contributed by atoms with van der Waals surface area (Å²) in [6, 6.07) is 5.12. The predicted octanol–water partition coefficient (Wildman–Crippen LogP) is 3.98.